The van der Waals surface area contributed by atoms with Crippen molar-refractivity contribution in [2.45, 2.75) is 11.7 Å². The Balaban J connectivity index is 1.55. The number of amides is 3. The standard InChI is InChI=1S/C21H18N6O3S/c1-2-12-26-18(29)15-10-6-7-11-16(15)27-20(26)24-25-21(27)31-13-17(28)23-19(30)22-14-8-4-3-5-9-14/h2-11H,1,12-13H2,(H2,22,23,28,30). The molecular weight excluding hydrogens is 416 g/mol. The number of thioether (sulfide) groups is 1. The Morgan fingerprint density at radius 1 is 1.06 bits per heavy atom. The molecule has 4 aromatic rings. The Morgan fingerprint density at radius 3 is 2.58 bits per heavy atom. The monoisotopic (exact) mass is 434 g/mol. The zero-order chi connectivity index (χ0) is 21.8. The SMILES string of the molecule is C=CCn1c(=O)c2ccccc2n2c(SCC(=O)NC(=O)Nc3ccccc3)nnc12. The third kappa shape index (κ3) is 4.19. The van der Waals surface area contributed by atoms with Gasteiger partial charge in [-0.3, -0.25) is 23.9 Å². The van der Waals surface area contributed by atoms with E-state index < -0.39 is 11.9 Å². The van der Waals surface area contributed by atoms with Crippen LogP contribution in [0.3, 0.4) is 0 Å². The fourth-order valence-corrected chi connectivity index (χ4v) is 3.84. The van der Waals surface area contributed by atoms with Gasteiger partial charge in [0.15, 0.2) is 5.16 Å². The van der Waals surface area contributed by atoms with Gasteiger partial charge in [0.05, 0.1) is 16.7 Å². The number of urea groups is 1. The van der Waals surface area contributed by atoms with Gasteiger partial charge in [0.2, 0.25) is 11.7 Å². The molecular formula is C21H18N6O3S. The van der Waals surface area contributed by atoms with Crippen LogP contribution in [0, 0.1) is 0 Å². The molecule has 156 valence electrons. The number of aromatic nitrogens is 4. The van der Waals surface area contributed by atoms with E-state index in [1.807, 2.05) is 12.1 Å². The Kier molecular flexibility index (Phi) is 5.80. The molecule has 2 N–H and O–H groups in total. The van der Waals surface area contributed by atoms with Gasteiger partial charge in [-0.05, 0) is 24.3 Å². The molecule has 0 spiro atoms. The van der Waals surface area contributed by atoms with E-state index >= 15 is 0 Å². The first kappa shape index (κ1) is 20.4. The van der Waals surface area contributed by atoms with Gasteiger partial charge in [0, 0.05) is 12.2 Å². The Labute approximate surface area is 180 Å². The maximum absolute atomic E-state index is 12.8. The van der Waals surface area contributed by atoms with Gasteiger partial charge in [-0.1, -0.05) is 48.2 Å². The van der Waals surface area contributed by atoms with Gasteiger partial charge in [0.1, 0.15) is 0 Å². The number of anilines is 1. The van der Waals surface area contributed by atoms with Crippen molar-refractivity contribution in [2.24, 2.45) is 0 Å². The Bertz CT molecular complexity index is 1350. The van der Waals surface area contributed by atoms with E-state index in [0.29, 0.717) is 27.5 Å². The Hall–Kier alpha value is -3.92. The molecule has 0 aliphatic heterocycles. The second-order valence-electron chi connectivity index (χ2n) is 6.50. The number of nitrogens with zero attached hydrogens (tertiary/aromatic N) is 4. The second-order valence-corrected chi connectivity index (χ2v) is 7.44. The number of para-hydroxylation sites is 2. The summed E-state index contributed by atoms with van der Waals surface area (Å²) in [6.07, 6.45) is 1.61. The molecule has 0 radical (unpaired) electrons. The fraction of sp³-hybridized carbons (Fsp3) is 0.0952. The summed E-state index contributed by atoms with van der Waals surface area (Å²) in [4.78, 5) is 37.0. The molecule has 0 atom stereocenters. The number of rotatable bonds is 6. The summed E-state index contributed by atoms with van der Waals surface area (Å²) in [6.45, 7) is 3.97. The van der Waals surface area contributed by atoms with Gasteiger partial charge in [-0.2, -0.15) is 0 Å². The van der Waals surface area contributed by atoms with Crippen LogP contribution in [0.2, 0.25) is 0 Å². The topological polar surface area (TPSA) is 110 Å². The fourth-order valence-electron chi connectivity index (χ4n) is 3.10. The highest BCUT2D eigenvalue weighted by Crippen LogP contribution is 2.21. The van der Waals surface area contributed by atoms with Crippen LogP contribution in [0.1, 0.15) is 0 Å². The molecule has 3 amide bonds. The minimum atomic E-state index is -0.617. The normalized spacial score (nSPS) is 10.8. The van der Waals surface area contributed by atoms with Crippen LogP contribution in [-0.2, 0) is 11.3 Å². The van der Waals surface area contributed by atoms with Crippen molar-refractivity contribution in [3.8, 4) is 0 Å². The van der Waals surface area contributed by atoms with Crippen LogP contribution in [0.15, 0.2) is 77.2 Å². The van der Waals surface area contributed by atoms with E-state index in [1.165, 1.54) is 4.57 Å². The molecule has 2 aromatic heterocycles. The number of nitrogens with one attached hydrogen (secondary N) is 2. The zero-order valence-corrected chi connectivity index (χ0v) is 17.1. The number of hydrogen-bond donors (Lipinski definition) is 2. The van der Waals surface area contributed by atoms with Gasteiger partial charge in [-0.15, -0.1) is 16.8 Å². The summed E-state index contributed by atoms with van der Waals surface area (Å²) in [6, 6.07) is 15.3. The summed E-state index contributed by atoms with van der Waals surface area (Å²) in [7, 11) is 0. The highest BCUT2D eigenvalue weighted by molar-refractivity contribution is 7.99. The first-order chi connectivity index (χ1) is 15.1. The third-order valence-electron chi connectivity index (χ3n) is 4.41. The van der Waals surface area contributed by atoms with Crippen molar-refractivity contribution in [3.05, 3.63) is 77.6 Å². The molecule has 0 aliphatic carbocycles. The summed E-state index contributed by atoms with van der Waals surface area (Å²) >= 11 is 1.12. The highest BCUT2D eigenvalue weighted by atomic mass is 32.2. The van der Waals surface area contributed by atoms with Crippen LogP contribution in [0.4, 0.5) is 10.5 Å². The molecule has 0 aliphatic rings. The van der Waals surface area contributed by atoms with Crippen molar-refractivity contribution in [1.82, 2.24) is 24.5 Å². The van der Waals surface area contributed by atoms with Crippen LogP contribution in [0.25, 0.3) is 16.7 Å². The number of benzene rings is 2. The second kappa shape index (κ2) is 8.84. The van der Waals surface area contributed by atoms with Crippen LogP contribution < -0.4 is 16.2 Å². The number of allylic oxidation sites excluding steroid dienone is 1. The van der Waals surface area contributed by atoms with E-state index in [0.717, 1.165) is 11.8 Å². The van der Waals surface area contributed by atoms with Crippen molar-refractivity contribution in [1.29, 1.82) is 0 Å². The minimum Gasteiger partial charge on any atom is -0.308 e. The predicted octanol–water partition coefficient (Wildman–Crippen LogP) is 2.67. The lowest BCUT2D eigenvalue weighted by Crippen LogP contribution is -2.35. The third-order valence-corrected chi connectivity index (χ3v) is 5.34. The average Bonchev–Trinajstić information content (AvgIpc) is 3.20. The molecule has 9 nitrogen and oxygen atoms in total. The summed E-state index contributed by atoms with van der Waals surface area (Å²) in [5.41, 5.74) is 1.02. The smallest absolute Gasteiger partial charge is 0.308 e. The van der Waals surface area contributed by atoms with Crippen LogP contribution >= 0.6 is 11.8 Å². The van der Waals surface area contributed by atoms with Gasteiger partial charge in [-0.25, -0.2) is 4.79 Å². The predicted molar refractivity (Wildman–Crippen MR) is 119 cm³/mol. The van der Waals surface area contributed by atoms with E-state index in [9.17, 15) is 14.4 Å². The van der Waals surface area contributed by atoms with Crippen molar-refractivity contribution in [3.63, 3.8) is 0 Å². The van der Waals surface area contributed by atoms with E-state index in [2.05, 4.69) is 27.4 Å². The maximum atomic E-state index is 12.8. The lowest BCUT2D eigenvalue weighted by Gasteiger charge is -2.09. The van der Waals surface area contributed by atoms with E-state index in [4.69, 9.17) is 0 Å². The molecule has 10 heteroatoms. The summed E-state index contributed by atoms with van der Waals surface area (Å²) in [5, 5.41) is 14.1. The molecule has 0 bridgehead atoms. The largest absolute Gasteiger partial charge is 0.325 e. The van der Waals surface area contributed by atoms with Gasteiger partial charge >= 0.3 is 6.03 Å². The molecule has 0 unspecified atom stereocenters. The first-order valence-electron chi connectivity index (χ1n) is 9.34. The van der Waals surface area contributed by atoms with Crippen molar-refractivity contribution >= 4 is 46.1 Å². The van der Waals surface area contributed by atoms with E-state index in [-0.39, 0.29) is 17.9 Å². The van der Waals surface area contributed by atoms with Crippen molar-refractivity contribution in [2.75, 3.05) is 11.1 Å². The number of carbonyl (C=O) groups excluding carboxylic acids is 2. The molecule has 31 heavy (non-hydrogen) atoms. The minimum absolute atomic E-state index is 0.0576. The lowest BCUT2D eigenvalue weighted by atomic mass is 10.2. The molecule has 0 fully saturated rings. The number of carbonyl (C=O) groups is 2. The zero-order valence-electron chi connectivity index (χ0n) is 16.3. The average molecular weight is 434 g/mol. The van der Waals surface area contributed by atoms with E-state index in [1.54, 1.807) is 52.9 Å². The van der Waals surface area contributed by atoms with Crippen LogP contribution in [-0.4, -0.2) is 36.9 Å². The summed E-state index contributed by atoms with van der Waals surface area (Å²) in [5.74, 6) is -0.190. The van der Waals surface area contributed by atoms with Crippen molar-refractivity contribution < 1.29 is 9.59 Å². The number of imide groups is 1. The van der Waals surface area contributed by atoms with Crippen LogP contribution in [0.5, 0.6) is 0 Å². The number of hydrogen-bond acceptors (Lipinski definition) is 6. The quantitative estimate of drug-likeness (QED) is 0.357. The molecule has 0 saturated carbocycles. The maximum Gasteiger partial charge on any atom is 0.325 e. The highest BCUT2D eigenvalue weighted by Gasteiger charge is 2.17. The van der Waals surface area contributed by atoms with Gasteiger partial charge < -0.3 is 5.32 Å². The lowest BCUT2D eigenvalue weighted by molar-refractivity contribution is -0.117. The summed E-state index contributed by atoms with van der Waals surface area (Å²) < 4.78 is 3.20. The molecule has 2 aromatic carbocycles. The molecule has 0 saturated heterocycles. The first-order valence-corrected chi connectivity index (χ1v) is 10.3. The molecule has 4 rings (SSSR count). The molecule has 2 heterocycles. The Morgan fingerprint density at radius 2 is 1.81 bits per heavy atom. The number of fused-ring (bicyclic) bond motifs is 3. The van der Waals surface area contributed by atoms with Gasteiger partial charge in [0.25, 0.3) is 5.56 Å².